The zero-order chi connectivity index (χ0) is 33.8. The van der Waals surface area contributed by atoms with E-state index < -0.39 is 30.1 Å². The van der Waals surface area contributed by atoms with Crippen LogP contribution < -0.4 is 9.47 Å². The normalized spacial score (nSPS) is 24.2. The first-order chi connectivity index (χ1) is 23.9. The van der Waals surface area contributed by atoms with E-state index in [0.717, 1.165) is 47.6 Å². The second-order valence-electron chi connectivity index (χ2n) is 12.5. The van der Waals surface area contributed by atoms with Crippen LogP contribution in [0.4, 0.5) is 0 Å². The Hall–Kier alpha value is -3.34. The number of methoxy groups -OCH3 is 2. The molecule has 7 rings (SSSR count). The molecule has 258 valence electrons. The number of sulfone groups is 1. The molecule has 0 aliphatic carbocycles. The summed E-state index contributed by atoms with van der Waals surface area (Å²) >= 11 is 0. The highest BCUT2D eigenvalue weighted by atomic mass is 32.2. The fourth-order valence-electron chi connectivity index (χ4n) is 7.07. The molecule has 3 saturated heterocycles. The maximum absolute atomic E-state index is 13.3. The van der Waals surface area contributed by atoms with E-state index in [1.165, 1.54) is 0 Å². The minimum absolute atomic E-state index is 0.0116. The van der Waals surface area contributed by atoms with Gasteiger partial charge in [-0.15, -0.1) is 0 Å². The minimum Gasteiger partial charge on any atom is -0.497 e. The van der Waals surface area contributed by atoms with E-state index in [1.54, 1.807) is 38.5 Å². The Morgan fingerprint density at radius 2 is 1.37 bits per heavy atom. The van der Waals surface area contributed by atoms with Crippen molar-refractivity contribution >= 4 is 18.4 Å². The highest BCUT2D eigenvalue weighted by Crippen LogP contribution is 2.57. The van der Waals surface area contributed by atoms with Crippen LogP contribution in [-0.4, -0.2) is 77.2 Å². The summed E-state index contributed by atoms with van der Waals surface area (Å²) in [6.45, 7) is 1.59. The van der Waals surface area contributed by atoms with Gasteiger partial charge in [-0.3, -0.25) is 0 Å². The second kappa shape index (κ2) is 14.9. The van der Waals surface area contributed by atoms with Gasteiger partial charge in [0, 0.05) is 25.6 Å². The van der Waals surface area contributed by atoms with Crippen LogP contribution >= 0.6 is 8.53 Å². The van der Waals surface area contributed by atoms with Gasteiger partial charge in [-0.1, -0.05) is 72.8 Å². The van der Waals surface area contributed by atoms with Crippen molar-refractivity contribution in [3.8, 4) is 11.5 Å². The van der Waals surface area contributed by atoms with E-state index >= 15 is 0 Å². The number of rotatable bonds is 13. The number of hydrogen-bond acceptors (Lipinski definition) is 9. The molecule has 49 heavy (non-hydrogen) atoms. The molecule has 0 bridgehead atoms. The average Bonchev–Trinajstić information content (AvgIpc) is 3.89. The SMILES string of the molecule is COc1ccc(C(OC[C@H]2OCC[C@@H]2O[P@@]2O[C@H](CS(=O)(=O)c3ccccc3)[C@@H]3CCCN32)(c2ccccc2)c2ccc(OC)cc2)cc1. The Kier molecular flexibility index (Phi) is 10.4. The van der Waals surface area contributed by atoms with Crippen molar-refractivity contribution in [1.29, 1.82) is 0 Å². The van der Waals surface area contributed by atoms with Gasteiger partial charge in [0.1, 0.15) is 23.2 Å². The molecule has 3 aliphatic rings. The van der Waals surface area contributed by atoms with Gasteiger partial charge in [0.15, 0.2) is 9.84 Å². The largest absolute Gasteiger partial charge is 0.497 e. The lowest BCUT2D eigenvalue weighted by atomic mass is 9.80. The standard InChI is InChI=1S/C38H42NO8PS/c1-42-31-19-15-29(16-20-31)38(28-10-5-3-6-11-28,30-17-21-32(43-2)22-18-30)45-26-36-35(23-25-44-36)46-48-39-24-9-14-34(39)37(47-48)27-49(40,41)33-12-7-4-8-13-33/h3-8,10-13,15-22,34-37H,9,14,23-27H2,1-2H3/t34-,35-,36+,37+,48-/m0/s1. The van der Waals surface area contributed by atoms with Crippen molar-refractivity contribution in [1.82, 2.24) is 4.67 Å². The predicted octanol–water partition coefficient (Wildman–Crippen LogP) is 6.75. The van der Waals surface area contributed by atoms with Crippen LogP contribution in [0.1, 0.15) is 36.0 Å². The molecular formula is C38H42NO8PS. The number of nitrogens with zero attached hydrogens (tertiary/aromatic N) is 1. The topological polar surface area (TPSA) is 92.8 Å². The summed E-state index contributed by atoms with van der Waals surface area (Å²) in [4.78, 5) is 0.317. The lowest BCUT2D eigenvalue weighted by molar-refractivity contribution is -0.0664. The highest BCUT2D eigenvalue weighted by Gasteiger charge is 2.50. The van der Waals surface area contributed by atoms with Gasteiger partial charge in [0.05, 0.1) is 43.7 Å². The van der Waals surface area contributed by atoms with Crippen molar-refractivity contribution in [2.24, 2.45) is 0 Å². The number of fused-ring (bicyclic) bond motifs is 1. The predicted molar refractivity (Wildman–Crippen MR) is 188 cm³/mol. The highest BCUT2D eigenvalue weighted by molar-refractivity contribution is 7.91. The summed E-state index contributed by atoms with van der Waals surface area (Å²) in [6, 6.07) is 34.7. The van der Waals surface area contributed by atoms with Gasteiger partial charge in [-0.2, -0.15) is 0 Å². The Bertz CT molecular complexity index is 1730. The van der Waals surface area contributed by atoms with Crippen LogP contribution in [0.15, 0.2) is 114 Å². The van der Waals surface area contributed by atoms with Gasteiger partial charge in [-0.25, -0.2) is 13.1 Å². The second-order valence-corrected chi connectivity index (χ2v) is 16.0. The summed E-state index contributed by atoms with van der Waals surface area (Å²) in [5, 5.41) is 0. The number of ether oxygens (including phenoxy) is 4. The Balaban J connectivity index is 1.14. The monoisotopic (exact) mass is 703 g/mol. The zero-order valence-corrected chi connectivity index (χ0v) is 29.4. The Morgan fingerprint density at radius 1 is 0.776 bits per heavy atom. The van der Waals surface area contributed by atoms with Crippen molar-refractivity contribution in [3.05, 3.63) is 126 Å². The molecule has 4 aromatic rings. The summed E-state index contributed by atoms with van der Waals surface area (Å²) in [5.41, 5.74) is 1.85. The third-order valence-electron chi connectivity index (χ3n) is 9.63. The molecule has 0 spiro atoms. The molecule has 11 heteroatoms. The molecule has 0 amide bonds. The minimum atomic E-state index is -3.51. The quantitative estimate of drug-likeness (QED) is 0.111. The number of benzene rings is 4. The van der Waals surface area contributed by atoms with Gasteiger partial charge in [0.25, 0.3) is 8.53 Å². The summed E-state index contributed by atoms with van der Waals surface area (Å²) in [5.74, 6) is 1.43. The third-order valence-corrected chi connectivity index (χ3v) is 13.2. The molecule has 0 radical (unpaired) electrons. The Morgan fingerprint density at radius 3 is 1.98 bits per heavy atom. The van der Waals surface area contributed by atoms with Crippen LogP contribution in [0.5, 0.6) is 11.5 Å². The molecule has 0 N–H and O–H groups in total. The summed E-state index contributed by atoms with van der Waals surface area (Å²) in [7, 11) is -1.67. The van der Waals surface area contributed by atoms with Crippen molar-refractivity contribution in [2.75, 3.05) is 39.7 Å². The Labute approximate surface area is 289 Å². The molecule has 3 aliphatic heterocycles. The molecule has 5 atom stereocenters. The molecule has 3 heterocycles. The molecule has 9 nitrogen and oxygen atoms in total. The van der Waals surface area contributed by atoms with Crippen molar-refractivity contribution in [2.45, 2.75) is 54.1 Å². The fraction of sp³-hybridized carbons (Fsp3) is 0.368. The first-order valence-corrected chi connectivity index (χ1v) is 19.5. The fourth-order valence-corrected chi connectivity index (χ4v) is 10.7. The molecule has 0 unspecified atom stereocenters. The summed E-state index contributed by atoms with van der Waals surface area (Å²) < 4.78 is 66.4. The van der Waals surface area contributed by atoms with Crippen LogP contribution in [0, 0.1) is 0 Å². The first kappa shape index (κ1) is 34.1. The van der Waals surface area contributed by atoms with Gasteiger partial charge in [-0.05, 0) is 65.9 Å². The lowest BCUT2D eigenvalue weighted by Gasteiger charge is -2.37. The van der Waals surface area contributed by atoms with Crippen molar-refractivity contribution in [3.63, 3.8) is 0 Å². The van der Waals surface area contributed by atoms with Crippen LogP contribution in [0.2, 0.25) is 0 Å². The maximum Gasteiger partial charge on any atom is 0.259 e. The van der Waals surface area contributed by atoms with E-state index in [0.29, 0.717) is 17.9 Å². The van der Waals surface area contributed by atoms with Gasteiger partial charge in [0.2, 0.25) is 0 Å². The van der Waals surface area contributed by atoms with E-state index in [2.05, 4.69) is 16.8 Å². The molecule has 0 aromatic heterocycles. The molecular weight excluding hydrogens is 661 g/mol. The van der Waals surface area contributed by atoms with E-state index in [9.17, 15) is 8.42 Å². The number of hydrogen-bond donors (Lipinski definition) is 0. The van der Waals surface area contributed by atoms with Crippen LogP contribution in [-0.2, 0) is 34.0 Å². The van der Waals surface area contributed by atoms with E-state index in [1.807, 2.05) is 72.8 Å². The van der Waals surface area contributed by atoms with E-state index in [-0.39, 0.29) is 30.6 Å². The maximum atomic E-state index is 13.3. The molecule has 3 fully saturated rings. The van der Waals surface area contributed by atoms with Gasteiger partial charge < -0.3 is 28.0 Å². The van der Waals surface area contributed by atoms with E-state index in [4.69, 9.17) is 28.0 Å². The average molecular weight is 704 g/mol. The van der Waals surface area contributed by atoms with Crippen LogP contribution in [0.3, 0.4) is 0 Å². The first-order valence-electron chi connectivity index (χ1n) is 16.7. The lowest BCUT2D eigenvalue weighted by Crippen LogP contribution is -2.38. The van der Waals surface area contributed by atoms with Crippen molar-refractivity contribution < 1.29 is 36.4 Å². The third kappa shape index (κ3) is 7.01. The zero-order valence-electron chi connectivity index (χ0n) is 27.7. The summed E-state index contributed by atoms with van der Waals surface area (Å²) in [6.07, 6.45) is 1.46. The molecule has 0 saturated carbocycles. The molecule has 4 aromatic carbocycles. The smallest absolute Gasteiger partial charge is 0.259 e. The van der Waals surface area contributed by atoms with Crippen LogP contribution in [0.25, 0.3) is 0 Å². The van der Waals surface area contributed by atoms with Gasteiger partial charge >= 0.3 is 0 Å².